The van der Waals surface area contributed by atoms with E-state index in [1.807, 2.05) is 0 Å². The molecule has 0 aliphatic heterocycles. The highest BCUT2D eigenvalue weighted by atomic mass is 16.3. The SMILES string of the molecule is [C-]#[N+]c1ccccc1[C@@H](O)C[C@@H](N)CO. The maximum Gasteiger partial charge on any atom is 0.192 e. The normalized spacial score (nSPS) is 14.3. The van der Waals surface area contributed by atoms with Crippen molar-refractivity contribution >= 4 is 5.69 Å². The number of para-hydroxylation sites is 1. The van der Waals surface area contributed by atoms with Gasteiger partial charge in [0.1, 0.15) is 0 Å². The Morgan fingerprint density at radius 3 is 2.67 bits per heavy atom. The van der Waals surface area contributed by atoms with Crippen LogP contribution in [0.2, 0.25) is 0 Å². The fourth-order valence-electron chi connectivity index (χ4n) is 1.36. The van der Waals surface area contributed by atoms with Crippen molar-refractivity contribution in [2.45, 2.75) is 18.6 Å². The third kappa shape index (κ3) is 3.03. The van der Waals surface area contributed by atoms with Crippen LogP contribution in [0.5, 0.6) is 0 Å². The maximum atomic E-state index is 9.80. The van der Waals surface area contributed by atoms with Crippen LogP contribution in [0.4, 0.5) is 5.69 Å². The van der Waals surface area contributed by atoms with Crippen LogP contribution in [0.3, 0.4) is 0 Å². The summed E-state index contributed by atoms with van der Waals surface area (Å²) in [5.74, 6) is 0. The van der Waals surface area contributed by atoms with Gasteiger partial charge in [-0.25, -0.2) is 4.85 Å². The lowest BCUT2D eigenvalue weighted by molar-refractivity contribution is 0.141. The van der Waals surface area contributed by atoms with Crippen LogP contribution >= 0.6 is 0 Å². The average Bonchev–Trinajstić information content (AvgIpc) is 2.28. The Kier molecular flexibility index (Phi) is 4.25. The summed E-state index contributed by atoms with van der Waals surface area (Å²) in [5.41, 5.74) is 6.51. The second-order valence-electron chi connectivity index (χ2n) is 3.36. The van der Waals surface area contributed by atoms with E-state index < -0.39 is 12.1 Å². The predicted octanol–water partition coefficient (Wildman–Crippen LogP) is 0.980. The Balaban J connectivity index is 2.82. The van der Waals surface area contributed by atoms with Crippen molar-refractivity contribution < 1.29 is 10.2 Å². The second-order valence-corrected chi connectivity index (χ2v) is 3.36. The van der Waals surface area contributed by atoms with E-state index in [-0.39, 0.29) is 13.0 Å². The van der Waals surface area contributed by atoms with Gasteiger partial charge in [0.05, 0.1) is 19.3 Å². The van der Waals surface area contributed by atoms with Gasteiger partial charge in [-0.15, -0.1) is 0 Å². The molecule has 4 heteroatoms. The van der Waals surface area contributed by atoms with Crippen molar-refractivity contribution in [3.05, 3.63) is 41.2 Å². The first-order valence-corrected chi connectivity index (χ1v) is 4.70. The van der Waals surface area contributed by atoms with Gasteiger partial charge in [-0.2, -0.15) is 0 Å². The van der Waals surface area contributed by atoms with Crippen molar-refractivity contribution in [1.29, 1.82) is 0 Å². The quantitative estimate of drug-likeness (QED) is 0.643. The fourth-order valence-corrected chi connectivity index (χ4v) is 1.36. The summed E-state index contributed by atoms with van der Waals surface area (Å²) in [4.78, 5) is 3.31. The molecule has 0 bridgehead atoms. The van der Waals surface area contributed by atoms with E-state index in [0.717, 1.165) is 0 Å². The highest BCUT2D eigenvalue weighted by molar-refractivity contribution is 5.52. The van der Waals surface area contributed by atoms with Crippen molar-refractivity contribution in [1.82, 2.24) is 0 Å². The van der Waals surface area contributed by atoms with Crippen LogP contribution in [-0.4, -0.2) is 22.9 Å². The van der Waals surface area contributed by atoms with Crippen LogP contribution in [-0.2, 0) is 0 Å². The van der Waals surface area contributed by atoms with Gasteiger partial charge in [-0.1, -0.05) is 24.3 Å². The van der Waals surface area contributed by atoms with Crippen molar-refractivity contribution in [2.24, 2.45) is 5.73 Å². The highest BCUT2D eigenvalue weighted by Gasteiger charge is 2.14. The predicted molar refractivity (Wildman–Crippen MR) is 57.3 cm³/mol. The van der Waals surface area contributed by atoms with Gasteiger partial charge in [0.15, 0.2) is 5.69 Å². The molecule has 0 heterocycles. The van der Waals surface area contributed by atoms with Gasteiger partial charge in [0.2, 0.25) is 0 Å². The minimum Gasteiger partial charge on any atom is -0.395 e. The number of hydrogen-bond acceptors (Lipinski definition) is 3. The number of hydrogen-bond donors (Lipinski definition) is 3. The molecule has 15 heavy (non-hydrogen) atoms. The molecule has 4 N–H and O–H groups in total. The molecule has 80 valence electrons. The Morgan fingerprint density at radius 1 is 1.40 bits per heavy atom. The summed E-state index contributed by atoms with van der Waals surface area (Å²) in [5, 5.41) is 18.6. The zero-order valence-corrected chi connectivity index (χ0v) is 8.30. The van der Waals surface area contributed by atoms with Crippen molar-refractivity contribution in [3.8, 4) is 0 Å². The molecule has 0 amide bonds. The topological polar surface area (TPSA) is 70.8 Å². The molecular formula is C11H14N2O2. The lowest BCUT2D eigenvalue weighted by atomic mass is 10.0. The Morgan fingerprint density at radius 2 is 2.07 bits per heavy atom. The average molecular weight is 206 g/mol. The summed E-state index contributed by atoms with van der Waals surface area (Å²) < 4.78 is 0. The van der Waals surface area contributed by atoms with Gasteiger partial charge in [-0.3, -0.25) is 0 Å². The Labute approximate surface area is 88.8 Å². The van der Waals surface area contributed by atoms with E-state index >= 15 is 0 Å². The lowest BCUT2D eigenvalue weighted by Gasteiger charge is -2.15. The maximum absolute atomic E-state index is 9.80. The van der Waals surface area contributed by atoms with Gasteiger partial charge in [0, 0.05) is 6.04 Å². The van der Waals surface area contributed by atoms with Gasteiger partial charge in [0.25, 0.3) is 0 Å². The monoisotopic (exact) mass is 206 g/mol. The van der Waals surface area contributed by atoms with E-state index in [4.69, 9.17) is 17.4 Å². The molecule has 0 fully saturated rings. The molecule has 0 saturated heterocycles. The first-order chi connectivity index (χ1) is 7.19. The zero-order chi connectivity index (χ0) is 11.3. The van der Waals surface area contributed by atoms with E-state index in [9.17, 15) is 5.11 Å². The fraction of sp³-hybridized carbons (Fsp3) is 0.364. The van der Waals surface area contributed by atoms with E-state index in [1.165, 1.54) is 0 Å². The largest absolute Gasteiger partial charge is 0.395 e. The van der Waals surface area contributed by atoms with Crippen LogP contribution in [0.15, 0.2) is 24.3 Å². The first-order valence-electron chi connectivity index (χ1n) is 4.70. The molecule has 1 aromatic carbocycles. The van der Waals surface area contributed by atoms with Crippen molar-refractivity contribution in [3.63, 3.8) is 0 Å². The molecule has 0 aliphatic carbocycles. The minimum atomic E-state index is -0.794. The molecule has 4 nitrogen and oxygen atoms in total. The minimum absolute atomic E-state index is 0.169. The third-order valence-corrected chi connectivity index (χ3v) is 2.18. The van der Waals surface area contributed by atoms with E-state index in [0.29, 0.717) is 11.3 Å². The number of nitrogens with two attached hydrogens (primary N) is 1. The molecule has 0 aromatic heterocycles. The van der Waals surface area contributed by atoms with Crippen LogP contribution < -0.4 is 5.73 Å². The first kappa shape index (κ1) is 11.7. The number of aliphatic hydroxyl groups excluding tert-OH is 2. The van der Waals surface area contributed by atoms with Gasteiger partial charge >= 0.3 is 0 Å². The van der Waals surface area contributed by atoms with Gasteiger partial charge in [-0.05, 0) is 12.0 Å². The summed E-state index contributed by atoms with van der Waals surface area (Å²) >= 11 is 0. The standard InChI is InChI=1S/C11H14N2O2/c1-13-10-5-3-2-4-9(10)11(15)6-8(12)7-14/h2-5,8,11,14-15H,6-7,12H2/t8-,11+/m1/s1. The Hall–Kier alpha value is -1.41. The summed E-state index contributed by atoms with van der Waals surface area (Å²) in [6.07, 6.45) is -0.541. The molecule has 0 unspecified atom stereocenters. The second kappa shape index (κ2) is 5.47. The summed E-state index contributed by atoms with van der Waals surface area (Å²) in [6, 6.07) is 6.39. The van der Waals surface area contributed by atoms with Crippen LogP contribution in [0.25, 0.3) is 4.85 Å². The highest BCUT2D eigenvalue weighted by Crippen LogP contribution is 2.27. The molecule has 1 aromatic rings. The molecule has 0 aliphatic rings. The van der Waals surface area contributed by atoms with Gasteiger partial charge < -0.3 is 15.9 Å². The molecule has 0 radical (unpaired) electrons. The zero-order valence-electron chi connectivity index (χ0n) is 8.30. The third-order valence-electron chi connectivity index (χ3n) is 2.18. The molecular weight excluding hydrogens is 192 g/mol. The van der Waals surface area contributed by atoms with Crippen LogP contribution in [0.1, 0.15) is 18.1 Å². The van der Waals surface area contributed by atoms with Crippen LogP contribution in [0, 0.1) is 6.57 Å². The molecule has 0 spiro atoms. The molecule has 2 atom stereocenters. The number of rotatable bonds is 4. The lowest BCUT2D eigenvalue weighted by Crippen LogP contribution is -2.26. The van der Waals surface area contributed by atoms with E-state index in [1.54, 1.807) is 24.3 Å². The van der Waals surface area contributed by atoms with Crippen molar-refractivity contribution in [2.75, 3.05) is 6.61 Å². The summed E-state index contributed by atoms with van der Waals surface area (Å²) in [6.45, 7) is 6.77. The summed E-state index contributed by atoms with van der Waals surface area (Å²) in [7, 11) is 0. The number of benzene rings is 1. The van der Waals surface area contributed by atoms with E-state index in [2.05, 4.69) is 4.85 Å². The Bertz CT molecular complexity index is 360. The molecule has 0 saturated carbocycles. The molecule has 1 rings (SSSR count). The smallest absolute Gasteiger partial charge is 0.192 e. The number of nitrogens with zero attached hydrogens (tertiary/aromatic N) is 1. The number of aliphatic hydroxyl groups is 2.